The summed E-state index contributed by atoms with van der Waals surface area (Å²) in [6.45, 7) is 2.15. The van der Waals surface area contributed by atoms with Crippen LogP contribution in [-0.4, -0.2) is 16.7 Å². The van der Waals surface area contributed by atoms with E-state index in [9.17, 15) is 4.79 Å². The van der Waals surface area contributed by atoms with Gasteiger partial charge in [0.15, 0.2) is 0 Å². The molecule has 0 aliphatic carbocycles. The normalized spacial score (nSPS) is 11.5. The van der Waals surface area contributed by atoms with Gasteiger partial charge in [-0.25, -0.2) is 0 Å². The van der Waals surface area contributed by atoms with Crippen LogP contribution in [0.25, 0.3) is 16.3 Å². The summed E-state index contributed by atoms with van der Waals surface area (Å²) in [7, 11) is 1.63. The van der Waals surface area contributed by atoms with E-state index in [-0.39, 0.29) is 5.56 Å². The van der Waals surface area contributed by atoms with Crippen LogP contribution in [0.2, 0.25) is 0 Å². The fourth-order valence-electron chi connectivity index (χ4n) is 2.58. The van der Waals surface area contributed by atoms with E-state index in [2.05, 4.69) is 12.0 Å². The molecule has 2 aromatic heterocycles. The third-order valence-corrected chi connectivity index (χ3v) is 3.56. The minimum absolute atomic E-state index is 0.0677. The summed E-state index contributed by atoms with van der Waals surface area (Å²) in [5.74, 6) is 0.759. The summed E-state index contributed by atoms with van der Waals surface area (Å²) in [5.41, 5.74) is 1.91. The molecule has 0 radical (unpaired) electrons. The van der Waals surface area contributed by atoms with Crippen molar-refractivity contribution in [3.05, 3.63) is 40.3 Å². The number of pyridine rings is 1. The SMILES string of the molecule is CCCCc1cc(=O)n2ncc3c(OC)ccc1c32. The summed E-state index contributed by atoms with van der Waals surface area (Å²) in [5, 5.41) is 6.17. The van der Waals surface area contributed by atoms with E-state index in [1.54, 1.807) is 19.4 Å². The van der Waals surface area contributed by atoms with Crippen LogP contribution in [0.4, 0.5) is 0 Å². The zero-order valence-electron chi connectivity index (χ0n) is 11.1. The Kier molecular flexibility index (Phi) is 2.85. The van der Waals surface area contributed by atoms with Gasteiger partial charge in [0, 0.05) is 11.5 Å². The Morgan fingerprint density at radius 3 is 2.89 bits per heavy atom. The maximum absolute atomic E-state index is 12.1. The fourth-order valence-corrected chi connectivity index (χ4v) is 2.58. The molecule has 0 aliphatic heterocycles. The lowest BCUT2D eigenvalue weighted by atomic mass is 10.0. The van der Waals surface area contributed by atoms with Crippen molar-refractivity contribution < 1.29 is 4.74 Å². The van der Waals surface area contributed by atoms with E-state index in [0.717, 1.165) is 46.9 Å². The third kappa shape index (κ3) is 1.75. The zero-order chi connectivity index (χ0) is 13.4. The number of hydrogen-bond donors (Lipinski definition) is 0. The maximum Gasteiger partial charge on any atom is 0.271 e. The van der Waals surface area contributed by atoms with Gasteiger partial charge in [-0.2, -0.15) is 9.61 Å². The first-order valence-electron chi connectivity index (χ1n) is 6.56. The molecule has 0 unspecified atom stereocenters. The van der Waals surface area contributed by atoms with Gasteiger partial charge in [0.05, 0.1) is 24.2 Å². The number of rotatable bonds is 4. The summed E-state index contributed by atoms with van der Waals surface area (Å²) in [6, 6.07) is 5.67. The predicted octanol–water partition coefficient (Wildman–Crippen LogP) is 2.64. The molecule has 0 N–H and O–H groups in total. The summed E-state index contributed by atoms with van der Waals surface area (Å²) in [6.07, 6.45) is 4.83. The standard InChI is InChI=1S/C15H16N2O2/c1-3-4-5-10-8-14(18)17-15-11(10)6-7-13(19-2)12(15)9-16-17/h6-9H,3-5H2,1-2H3. The molecule has 3 aromatic rings. The monoisotopic (exact) mass is 256 g/mol. The van der Waals surface area contributed by atoms with Gasteiger partial charge in [-0.3, -0.25) is 4.79 Å². The highest BCUT2D eigenvalue weighted by Crippen LogP contribution is 2.30. The van der Waals surface area contributed by atoms with Gasteiger partial charge < -0.3 is 4.74 Å². The molecule has 1 aromatic carbocycles. The van der Waals surface area contributed by atoms with Crippen molar-refractivity contribution in [1.29, 1.82) is 0 Å². The van der Waals surface area contributed by atoms with Crippen molar-refractivity contribution in [2.24, 2.45) is 0 Å². The molecule has 4 heteroatoms. The van der Waals surface area contributed by atoms with Crippen LogP contribution in [0.1, 0.15) is 25.3 Å². The van der Waals surface area contributed by atoms with Gasteiger partial charge in [0.1, 0.15) is 5.75 Å². The van der Waals surface area contributed by atoms with Gasteiger partial charge >= 0.3 is 0 Å². The van der Waals surface area contributed by atoms with Crippen molar-refractivity contribution in [1.82, 2.24) is 9.61 Å². The fraction of sp³-hybridized carbons (Fsp3) is 0.333. The van der Waals surface area contributed by atoms with E-state index in [0.29, 0.717) is 0 Å². The number of aryl methyl sites for hydroxylation is 1. The van der Waals surface area contributed by atoms with E-state index in [1.165, 1.54) is 4.52 Å². The molecule has 2 heterocycles. The van der Waals surface area contributed by atoms with Crippen molar-refractivity contribution in [2.45, 2.75) is 26.2 Å². The Hall–Kier alpha value is -2.10. The van der Waals surface area contributed by atoms with Crippen LogP contribution in [0.5, 0.6) is 5.75 Å². The van der Waals surface area contributed by atoms with Crippen LogP contribution in [0, 0.1) is 0 Å². The van der Waals surface area contributed by atoms with Crippen LogP contribution in [0.3, 0.4) is 0 Å². The molecule has 0 spiro atoms. The Labute approximate surface area is 111 Å². The van der Waals surface area contributed by atoms with Crippen molar-refractivity contribution in [2.75, 3.05) is 7.11 Å². The average molecular weight is 256 g/mol. The molecule has 0 bridgehead atoms. The lowest BCUT2D eigenvalue weighted by Gasteiger charge is -2.08. The van der Waals surface area contributed by atoms with Crippen molar-refractivity contribution >= 4 is 16.3 Å². The molecular formula is C15H16N2O2. The third-order valence-electron chi connectivity index (χ3n) is 3.56. The van der Waals surface area contributed by atoms with Crippen LogP contribution in [-0.2, 0) is 6.42 Å². The first-order chi connectivity index (χ1) is 9.26. The Morgan fingerprint density at radius 2 is 2.16 bits per heavy atom. The quantitative estimate of drug-likeness (QED) is 0.720. The molecule has 4 nitrogen and oxygen atoms in total. The molecule has 0 saturated carbocycles. The highest BCUT2D eigenvalue weighted by Gasteiger charge is 2.14. The molecule has 0 saturated heterocycles. The Bertz CT molecular complexity index is 776. The second kappa shape index (κ2) is 4.53. The smallest absolute Gasteiger partial charge is 0.271 e. The zero-order valence-corrected chi connectivity index (χ0v) is 11.1. The van der Waals surface area contributed by atoms with Gasteiger partial charge in [0.2, 0.25) is 0 Å². The van der Waals surface area contributed by atoms with Gasteiger partial charge in [-0.1, -0.05) is 13.3 Å². The van der Waals surface area contributed by atoms with E-state index in [1.807, 2.05) is 12.1 Å². The van der Waals surface area contributed by atoms with Gasteiger partial charge in [0.25, 0.3) is 5.56 Å². The predicted molar refractivity (Wildman–Crippen MR) is 75.3 cm³/mol. The molecule has 0 aliphatic rings. The lowest BCUT2D eigenvalue weighted by Crippen LogP contribution is -2.14. The second-order valence-electron chi connectivity index (χ2n) is 4.75. The minimum Gasteiger partial charge on any atom is -0.496 e. The molecule has 0 fully saturated rings. The van der Waals surface area contributed by atoms with E-state index in [4.69, 9.17) is 4.74 Å². The number of benzene rings is 1. The van der Waals surface area contributed by atoms with E-state index < -0.39 is 0 Å². The number of nitrogens with zero attached hydrogens (tertiary/aromatic N) is 2. The first-order valence-corrected chi connectivity index (χ1v) is 6.56. The molecule has 0 amide bonds. The largest absolute Gasteiger partial charge is 0.496 e. The van der Waals surface area contributed by atoms with Crippen LogP contribution >= 0.6 is 0 Å². The van der Waals surface area contributed by atoms with Crippen LogP contribution < -0.4 is 10.3 Å². The minimum atomic E-state index is -0.0677. The highest BCUT2D eigenvalue weighted by atomic mass is 16.5. The Balaban J connectivity index is 2.36. The lowest BCUT2D eigenvalue weighted by molar-refractivity contribution is 0.420. The van der Waals surface area contributed by atoms with Crippen molar-refractivity contribution in [3.63, 3.8) is 0 Å². The Morgan fingerprint density at radius 1 is 1.32 bits per heavy atom. The number of hydrogen-bond acceptors (Lipinski definition) is 3. The summed E-state index contributed by atoms with van der Waals surface area (Å²) in [4.78, 5) is 12.1. The number of unbranched alkanes of at least 4 members (excludes halogenated alkanes) is 1. The summed E-state index contributed by atoms with van der Waals surface area (Å²) < 4.78 is 6.79. The molecular weight excluding hydrogens is 240 g/mol. The molecule has 3 rings (SSSR count). The number of methoxy groups -OCH3 is 1. The molecule has 19 heavy (non-hydrogen) atoms. The highest BCUT2D eigenvalue weighted by molar-refractivity contribution is 6.00. The van der Waals surface area contributed by atoms with E-state index >= 15 is 0 Å². The van der Waals surface area contributed by atoms with Crippen LogP contribution in [0.15, 0.2) is 29.2 Å². The summed E-state index contributed by atoms with van der Waals surface area (Å²) >= 11 is 0. The topological polar surface area (TPSA) is 43.6 Å². The average Bonchev–Trinajstić information content (AvgIpc) is 2.87. The number of aromatic nitrogens is 2. The second-order valence-corrected chi connectivity index (χ2v) is 4.75. The number of ether oxygens (including phenoxy) is 1. The van der Waals surface area contributed by atoms with Crippen molar-refractivity contribution in [3.8, 4) is 5.75 Å². The molecule has 98 valence electrons. The molecule has 0 atom stereocenters. The van der Waals surface area contributed by atoms with Gasteiger partial charge in [-0.05, 0) is 30.5 Å². The van der Waals surface area contributed by atoms with Gasteiger partial charge in [-0.15, -0.1) is 0 Å². The first kappa shape index (κ1) is 12.0. The maximum atomic E-state index is 12.1.